The SMILES string of the molecule is CCCOCn1nc(C(O)c2cnn(C)c2Br)cc1C#N. The molecule has 2 aromatic heterocycles. The lowest BCUT2D eigenvalue weighted by Crippen LogP contribution is -2.08. The zero-order chi connectivity index (χ0) is 15.4. The number of nitriles is 1. The Morgan fingerprint density at radius 1 is 1.57 bits per heavy atom. The van der Waals surface area contributed by atoms with Crippen molar-refractivity contribution >= 4 is 15.9 Å². The van der Waals surface area contributed by atoms with Crippen molar-refractivity contribution in [1.82, 2.24) is 19.6 Å². The second-order valence-electron chi connectivity index (χ2n) is 4.52. The van der Waals surface area contributed by atoms with Gasteiger partial charge in [0.1, 0.15) is 29.2 Å². The van der Waals surface area contributed by atoms with Gasteiger partial charge in [0.15, 0.2) is 0 Å². The summed E-state index contributed by atoms with van der Waals surface area (Å²) in [6.45, 7) is 2.79. The molecule has 0 saturated carbocycles. The first-order chi connectivity index (χ1) is 10.1. The van der Waals surface area contributed by atoms with E-state index in [0.717, 1.165) is 6.42 Å². The number of nitrogens with zero attached hydrogens (tertiary/aromatic N) is 5. The lowest BCUT2D eigenvalue weighted by molar-refractivity contribution is 0.0678. The van der Waals surface area contributed by atoms with Gasteiger partial charge < -0.3 is 9.84 Å². The van der Waals surface area contributed by atoms with Gasteiger partial charge in [0.25, 0.3) is 0 Å². The number of aryl methyl sites for hydroxylation is 1. The van der Waals surface area contributed by atoms with Crippen LogP contribution < -0.4 is 0 Å². The highest BCUT2D eigenvalue weighted by molar-refractivity contribution is 9.10. The number of ether oxygens (including phenoxy) is 1. The standard InChI is InChI=1S/C13H16BrN5O2/c1-3-4-21-8-19-9(6-15)5-11(17-19)12(20)10-7-16-18(2)13(10)14/h5,7,12,20H,3-4,8H2,1-2H3. The first kappa shape index (κ1) is 15.7. The zero-order valence-corrected chi connectivity index (χ0v) is 13.4. The van der Waals surface area contributed by atoms with E-state index in [-0.39, 0.29) is 6.73 Å². The van der Waals surface area contributed by atoms with E-state index in [9.17, 15) is 5.11 Å². The van der Waals surface area contributed by atoms with Crippen LogP contribution in [0.3, 0.4) is 0 Å². The molecule has 2 aromatic rings. The molecule has 1 unspecified atom stereocenters. The van der Waals surface area contributed by atoms with E-state index in [4.69, 9.17) is 10.00 Å². The Morgan fingerprint density at radius 2 is 2.33 bits per heavy atom. The average molecular weight is 354 g/mol. The van der Waals surface area contributed by atoms with E-state index < -0.39 is 6.10 Å². The van der Waals surface area contributed by atoms with Crippen LogP contribution in [0.4, 0.5) is 0 Å². The number of hydrogen-bond donors (Lipinski definition) is 1. The summed E-state index contributed by atoms with van der Waals surface area (Å²) in [5.74, 6) is 0. The quantitative estimate of drug-likeness (QED) is 0.798. The van der Waals surface area contributed by atoms with Gasteiger partial charge >= 0.3 is 0 Å². The highest BCUT2D eigenvalue weighted by Gasteiger charge is 2.21. The van der Waals surface area contributed by atoms with E-state index in [1.165, 1.54) is 4.68 Å². The third kappa shape index (κ3) is 3.32. The van der Waals surface area contributed by atoms with E-state index in [1.807, 2.05) is 13.0 Å². The lowest BCUT2D eigenvalue weighted by Gasteiger charge is -2.06. The third-order valence-electron chi connectivity index (χ3n) is 2.94. The Kier molecular flexibility index (Phi) is 5.12. The number of aliphatic hydroxyl groups excluding tert-OH is 1. The minimum absolute atomic E-state index is 0.192. The molecule has 21 heavy (non-hydrogen) atoms. The molecule has 0 amide bonds. The fourth-order valence-corrected chi connectivity index (χ4v) is 2.25. The molecule has 0 aromatic carbocycles. The van der Waals surface area contributed by atoms with Crippen LogP contribution in [0.15, 0.2) is 16.9 Å². The van der Waals surface area contributed by atoms with Gasteiger partial charge in [-0.3, -0.25) is 4.68 Å². The Balaban J connectivity index is 2.24. The number of aromatic nitrogens is 4. The van der Waals surface area contributed by atoms with Gasteiger partial charge in [-0.2, -0.15) is 15.5 Å². The molecule has 0 radical (unpaired) electrons. The van der Waals surface area contributed by atoms with Gasteiger partial charge in [-0.15, -0.1) is 0 Å². The molecule has 0 saturated heterocycles. The monoisotopic (exact) mass is 353 g/mol. The van der Waals surface area contributed by atoms with Gasteiger partial charge in [-0.1, -0.05) is 6.92 Å². The topological polar surface area (TPSA) is 88.9 Å². The van der Waals surface area contributed by atoms with Crippen molar-refractivity contribution in [3.63, 3.8) is 0 Å². The van der Waals surface area contributed by atoms with Gasteiger partial charge in [-0.05, 0) is 22.4 Å². The molecule has 8 heteroatoms. The number of aliphatic hydroxyl groups is 1. The van der Waals surface area contributed by atoms with Crippen molar-refractivity contribution in [1.29, 1.82) is 5.26 Å². The van der Waals surface area contributed by atoms with Crippen molar-refractivity contribution in [3.8, 4) is 6.07 Å². The van der Waals surface area contributed by atoms with E-state index >= 15 is 0 Å². The number of hydrogen-bond acceptors (Lipinski definition) is 5. The van der Waals surface area contributed by atoms with Crippen LogP contribution in [-0.2, 0) is 18.5 Å². The van der Waals surface area contributed by atoms with E-state index in [2.05, 4.69) is 26.1 Å². The molecule has 0 aliphatic carbocycles. The van der Waals surface area contributed by atoms with Crippen molar-refractivity contribution in [2.75, 3.05) is 6.61 Å². The average Bonchev–Trinajstić information content (AvgIpc) is 3.03. The van der Waals surface area contributed by atoms with Crippen molar-refractivity contribution in [2.24, 2.45) is 7.05 Å². The molecule has 0 aliphatic rings. The van der Waals surface area contributed by atoms with E-state index in [1.54, 1.807) is 24.0 Å². The minimum atomic E-state index is -0.951. The van der Waals surface area contributed by atoms with Gasteiger partial charge in [0.2, 0.25) is 0 Å². The number of rotatable bonds is 6. The molecule has 1 atom stereocenters. The van der Waals surface area contributed by atoms with Gasteiger partial charge in [0, 0.05) is 25.3 Å². The van der Waals surface area contributed by atoms with Crippen molar-refractivity contribution in [3.05, 3.63) is 33.8 Å². The summed E-state index contributed by atoms with van der Waals surface area (Å²) >= 11 is 3.36. The molecular formula is C13H16BrN5O2. The maximum absolute atomic E-state index is 10.4. The fourth-order valence-electron chi connectivity index (χ4n) is 1.84. The predicted octanol–water partition coefficient (Wildman–Crippen LogP) is 1.72. The molecule has 0 bridgehead atoms. The summed E-state index contributed by atoms with van der Waals surface area (Å²) < 4.78 is 9.10. The Hall–Kier alpha value is -1.69. The van der Waals surface area contributed by atoms with Crippen molar-refractivity contribution in [2.45, 2.75) is 26.2 Å². The maximum Gasteiger partial charge on any atom is 0.141 e. The second kappa shape index (κ2) is 6.85. The fraction of sp³-hybridized carbons (Fsp3) is 0.462. The van der Waals surface area contributed by atoms with Crippen LogP contribution in [0.25, 0.3) is 0 Å². The maximum atomic E-state index is 10.4. The van der Waals surface area contributed by atoms with Crippen LogP contribution in [0.1, 0.15) is 36.4 Å². The lowest BCUT2D eigenvalue weighted by atomic mass is 10.1. The largest absolute Gasteiger partial charge is 0.382 e. The first-order valence-electron chi connectivity index (χ1n) is 6.49. The Morgan fingerprint density at radius 3 is 2.90 bits per heavy atom. The zero-order valence-electron chi connectivity index (χ0n) is 11.8. The molecule has 2 heterocycles. The van der Waals surface area contributed by atoms with Crippen LogP contribution in [-0.4, -0.2) is 31.3 Å². The van der Waals surface area contributed by atoms with E-state index in [0.29, 0.717) is 28.2 Å². The molecular weight excluding hydrogens is 338 g/mol. The molecule has 7 nitrogen and oxygen atoms in total. The summed E-state index contributed by atoms with van der Waals surface area (Å²) in [6, 6.07) is 3.60. The Bertz CT molecular complexity index is 658. The predicted molar refractivity (Wildman–Crippen MR) is 78.2 cm³/mol. The summed E-state index contributed by atoms with van der Waals surface area (Å²) in [7, 11) is 1.76. The first-order valence-corrected chi connectivity index (χ1v) is 7.28. The second-order valence-corrected chi connectivity index (χ2v) is 5.27. The molecule has 2 rings (SSSR count). The minimum Gasteiger partial charge on any atom is -0.382 e. The normalized spacial score (nSPS) is 12.3. The summed E-state index contributed by atoms with van der Waals surface area (Å²) in [5, 5.41) is 27.8. The van der Waals surface area contributed by atoms with Crippen LogP contribution in [0, 0.1) is 11.3 Å². The number of halogens is 1. The molecule has 0 fully saturated rings. The Labute approximate surface area is 130 Å². The molecule has 1 N–H and O–H groups in total. The van der Waals surface area contributed by atoms with Crippen LogP contribution >= 0.6 is 15.9 Å². The highest BCUT2D eigenvalue weighted by Crippen LogP contribution is 2.27. The summed E-state index contributed by atoms with van der Waals surface area (Å²) in [5.41, 5.74) is 1.33. The third-order valence-corrected chi connectivity index (χ3v) is 3.91. The van der Waals surface area contributed by atoms with Gasteiger partial charge in [0.05, 0.1) is 11.9 Å². The van der Waals surface area contributed by atoms with Crippen LogP contribution in [0.5, 0.6) is 0 Å². The smallest absolute Gasteiger partial charge is 0.141 e. The molecule has 0 spiro atoms. The van der Waals surface area contributed by atoms with Crippen molar-refractivity contribution < 1.29 is 9.84 Å². The summed E-state index contributed by atoms with van der Waals surface area (Å²) in [6.07, 6.45) is 1.50. The summed E-state index contributed by atoms with van der Waals surface area (Å²) in [4.78, 5) is 0. The van der Waals surface area contributed by atoms with Crippen LogP contribution in [0.2, 0.25) is 0 Å². The van der Waals surface area contributed by atoms with Gasteiger partial charge in [-0.25, -0.2) is 4.68 Å². The molecule has 112 valence electrons. The molecule has 0 aliphatic heterocycles. The highest BCUT2D eigenvalue weighted by atomic mass is 79.9.